The minimum absolute atomic E-state index is 0. The first-order chi connectivity index (χ1) is 9.06. The van der Waals surface area contributed by atoms with Gasteiger partial charge in [-0.3, -0.25) is 0 Å². The molecule has 0 aliphatic carbocycles. The van der Waals surface area contributed by atoms with Gasteiger partial charge >= 0.3 is 0 Å². The molecule has 106 valence electrons. The van der Waals surface area contributed by atoms with Gasteiger partial charge in [-0.05, 0) is 68.7 Å². The highest BCUT2D eigenvalue weighted by molar-refractivity contribution is 7.72. The predicted molar refractivity (Wildman–Crippen MR) is 95.7 cm³/mol. The molecule has 0 fully saturated rings. The Hall–Kier alpha value is -1.27. The molecule has 0 bridgehead atoms. The van der Waals surface area contributed by atoms with Crippen LogP contribution in [0.1, 0.15) is 16.7 Å². The highest BCUT2D eigenvalue weighted by Crippen LogP contribution is 2.35. The van der Waals surface area contributed by atoms with Crippen LogP contribution in [0.2, 0.25) is 0 Å². The second kappa shape index (κ2) is 6.95. The van der Waals surface area contributed by atoms with Crippen molar-refractivity contribution >= 4 is 26.9 Å². The molecule has 0 aliphatic rings. The van der Waals surface area contributed by atoms with Crippen molar-refractivity contribution < 1.29 is 4.74 Å². The molecule has 2 aromatic rings. The lowest BCUT2D eigenvalue weighted by molar-refractivity contribution is 0.408. The van der Waals surface area contributed by atoms with E-state index < -0.39 is 0 Å². The molecule has 2 aromatic carbocycles. The van der Waals surface area contributed by atoms with Gasteiger partial charge in [0.1, 0.15) is 5.75 Å². The molecule has 0 saturated carbocycles. The number of aryl methyl sites for hydroxylation is 1. The van der Waals surface area contributed by atoms with Crippen molar-refractivity contribution in [3.05, 3.63) is 53.1 Å². The van der Waals surface area contributed by atoms with Gasteiger partial charge in [-0.2, -0.15) is 0 Å². The summed E-state index contributed by atoms with van der Waals surface area (Å²) in [5.41, 5.74) is 3.86. The summed E-state index contributed by atoms with van der Waals surface area (Å²) in [7, 11) is 1.45. The van der Waals surface area contributed by atoms with Gasteiger partial charge in [0, 0.05) is 0 Å². The molecular weight excluding hydrogens is 262 g/mol. The van der Waals surface area contributed by atoms with Crippen molar-refractivity contribution in [1.29, 1.82) is 0 Å². The first kappa shape index (κ1) is 16.8. The average Bonchev–Trinajstić information content (AvgIpc) is 2.43. The van der Waals surface area contributed by atoms with Crippen LogP contribution in [0.4, 0.5) is 0 Å². The third-order valence-electron chi connectivity index (χ3n) is 3.71. The van der Waals surface area contributed by atoms with Gasteiger partial charge in [-0.25, -0.2) is 0 Å². The Balaban J connectivity index is 0.00000200. The summed E-state index contributed by atoms with van der Waals surface area (Å²) in [6.45, 7) is 8.81. The topological polar surface area (TPSA) is 9.23 Å². The lowest BCUT2D eigenvalue weighted by atomic mass is 10.1. The van der Waals surface area contributed by atoms with E-state index in [0.717, 1.165) is 5.75 Å². The van der Waals surface area contributed by atoms with Crippen LogP contribution in [0.5, 0.6) is 5.75 Å². The second-order valence-electron chi connectivity index (χ2n) is 4.89. The third kappa shape index (κ3) is 3.07. The van der Waals surface area contributed by atoms with Crippen molar-refractivity contribution in [2.24, 2.45) is 0 Å². The zero-order valence-corrected chi connectivity index (χ0v) is 13.2. The summed E-state index contributed by atoms with van der Waals surface area (Å²) in [4.78, 5) is 0. The van der Waals surface area contributed by atoms with Crippen LogP contribution in [0.3, 0.4) is 0 Å². The maximum atomic E-state index is 5.50. The highest BCUT2D eigenvalue weighted by atomic mass is 31.1. The maximum absolute atomic E-state index is 5.50. The summed E-state index contributed by atoms with van der Waals surface area (Å²) in [6.07, 6.45) is 0. The lowest BCUT2D eigenvalue weighted by Crippen LogP contribution is -2.16. The van der Waals surface area contributed by atoms with Crippen molar-refractivity contribution in [2.75, 3.05) is 13.8 Å². The van der Waals surface area contributed by atoms with E-state index in [1.807, 2.05) is 0 Å². The van der Waals surface area contributed by atoms with E-state index >= 15 is 0 Å². The van der Waals surface area contributed by atoms with Crippen LogP contribution in [-0.4, -0.2) is 22.2 Å². The first-order valence-corrected chi connectivity index (χ1v) is 8.28. The molecule has 0 heterocycles. The van der Waals surface area contributed by atoms with Gasteiger partial charge in [-0.1, -0.05) is 30.3 Å². The second-order valence-corrected chi connectivity index (χ2v) is 7.01. The Kier molecular flexibility index (Phi) is 5.83. The smallest absolute Gasteiger partial charge is 0.124 e. The number of hydrogen-bond acceptors (Lipinski definition) is 1. The standard InChI is InChI=1S/C17H21OP.BH3/c1-12-11-16(13(2)14(3)17(12)18-4)19(5)15-9-7-6-8-10-15;/h6-11H,1-5H3;1H3. The van der Waals surface area contributed by atoms with Crippen LogP contribution in [-0.2, 0) is 0 Å². The predicted octanol–water partition coefficient (Wildman–Crippen LogP) is 2.50. The number of rotatable bonds is 3. The van der Waals surface area contributed by atoms with Gasteiger partial charge in [0.25, 0.3) is 0 Å². The number of benzene rings is 2. The summed E-state index contributed by atoms with van der Waals surface area (Å²) < 4.78 is 5.50. The van der Waals surface area contributed by atoms with Crippen LogP contribution >= 0.6 is 7.92 Å². The monoisotopic (exact) mass is 286 g/mol. The lowest BCUT2D eigenvalue weighted by Gasteiger charge is -2.20. The normalized spacial score (nSPS) is 11.7. The summed E-state index contributed by atoms with van der Waals surface area (Å²) in [5.74, 6) is 1.03. The van der Waals surface area contributed by atoms with Crippen LogP contribution in [0.25, 0.3) is 0 Å². The van der Waals surface area contributed by atoms with E-state index in [0.29, 0.717) is 0 Å². The van der Waals surface area contributed by atoms with Gasteiger partial charge in [-0.15, -0.1) is 0 Å². The van der Waals surface area contributed by atoms with Gasteiger partial charge in [0.15, 0.2) is 0 Å². The number of methoxy groups -OCH3 is 1. The van der Waals surface area contributed by atoms with Crippen LogP contribution in [0.15, 0.2) is 36.4 Å². The molecule has 1 nitrogen and oxygen atoms in total. The average molecular weight is 286 g/mol. The van der Waals surface area contributed by atoms with E-state index in [2.05, 4.69) is 63.8 Å². The molecule has 0 aromatic heterocycles. The molecule has 0 spiro atoms. The van der Waals surface area contributed by atoms with E-state index in [1.54, 1.807) is 7.11 Å². The van der Waals surface area contributed by atoms with E-state index in [-0.39, 0.29) is 16.3 Å². The molecule has 1 atom stereocenters. The Morgan fingerprint density at radius 2 is 1.55 bits per heavy atom. The largest absolute Gasteiger partial charge is 0.496 e. The Morgan fingerprint density at radius 3 is 2.10 bits per heavy atom. The van der Waals surface area contributed by atoms with E-state index in [9.17, 15) is 0 Å². The van der Waals surface area contributed by atoms with Crippen molar-refractivity contribution in [1.82, 2.24) is 0 Å². The SMILES string of the molecule is B.COc1c(C)cc(P(C)c2ccccc2)c(C)c1C. The molecule has 3 heteroatoms. The van der Waals surface area contributed by atoms with Crippen molar-refractivity contribution in [2.45, 2.75) is 20.8 Å². The zero-order chi connectivity index (χ0) is 14.0. The van der Waals surface area contributed by atoms with E-state index in [4.69, 9.17) is 4.74 Å². The first-order valence-electron chi connectivity index (χ1n) is 6.49. The fraction of sp³-hybridized carbons (Fsp3) is 0.294. The van der Waals surface area contributed by atoms with Crippen molar-refractivity contribution in [3.63, 3.8) is 0 Å². The molecule has 20 heavy (non-hydrogen) atoms. The van der Waals surface area contributed by atoms with Gasteiger partial charge < -0.3 is 4.74 Å². The minimum atomic E-state index is -0.297. The molecular formula is C17H24BOP. The molecule has 2 rings (SSSR count). The van der Waals surface area contributed by atoms with Crippen LogP contribution < -0.4 is 15.3 Å². The molecule has 0 amide bonds. The maximum Gasteiger partial charge on any atom is 0.124 e. The zero-order valence-electron chi connectivity index (χ0n) is 12.3. The fourth-order valence-electron chi connectivity index (χ4n) is 2.49. The molecule has 0 saturated heterocycles. The fourth-order valence-corrected chi connectivity index (χ4v) is 4.45. The molecule has 1 unspecified atom stereocenters. The number of ether oxygens (including phenoxy) is 1. The highest BCUT2D eigenvalue weighted by Gasteiger charge is 2.16. The minimum Gasteiger partial charge on any atom is -0.496 e. The Morgan fingerprint density at radius 1 is 0.950 bits per heavy atom. The van der Waals surface area contributed by atoms with Crippen molar-refractivity contribution in [3.8, 4) is 5.75 Å². The summed E-state index contributed by atoms with van der Waals surface area (Å²) in [6, 6.07) is 13.0. The quantitative estimate of drug-likeness (QED) is 0.622. The molecule has 0 aliphatic heterocycles. The summed E-state index contributed by atoms with van der Waals surface area (Å²) >= 11 is 0. The molecule has 0 radical (unpaired) electrons. The number of hydrogen-bond donors (Lipinski definition) is 0. The Labute approximate surface area is 125 Å². The van der Waals surface area contributed by atoms with Crippen LogP contribution in [0, 0.1) is 20.8 Å². The van der Waals surface area contributed by atoms with Gasteiger partial charge in [0.2, 0.25) is 0 Å². The molecule has 0 N–H and O–H groups in total. The summed E-state index contributed by atoms with van der Waals surface area (Å²) in [5, 5.41) is 2.88. The van der Waals surface area contributed by atoms with E-state index in [1.165, 1.54) is 27.3 Å². The Bertz CT molecular complexity index is 581. The van der Waals surface area contributed by atoms with Gasteiger partial charge in [0.05, 0.1) is 15.5 Å². The third-order valence-corrected chi connectivity index (χ3v) is 5.97.